The predicted octanol–water partition coefficient (Wildman–Crippen LogP) is 3.39. The van der Waals surface area contributed by atoms with Gasteiger partial charge in [-0.25, -0.2) is 0 Å². The first-order chi connectivity index (χ1) is 9.19. The van der Waals surface area contributed by atoms with Crippen LogP contribution in [0.4, 0.5) is 0 Å². The van der Waals surface area contributed by atoms with Crippen molar-refractivity contribution in [3.05, 3.63) is 33.3 Å². The van der Waals surface area contributed by atoms with E-state index in [1.165, 1.54) is 0 Å². The van der Waals surface area contributed by atoms with E-state index in [1.807, 2.05) is 12.1 Å². The molecule has 1 saturated heterocycles. The van der Waals surface area contributed by atoms with E-state index in [4.69, 9.17) is 21.1 Å². The molecule has 0 saturated carbocycles. The van der Waals surface area contributed by atoms with Gasteiger partial charge in [-0.3, -0.25) is 0 Å². The van der Waals surface area contributed by atoms with Gasteiger partial charge in [0.2, 0.25) is 0 Å². The van der Waals surface area contributed by atoms with Gasteiger partial charge in [0.05, 0.1) is 13.2 Å². The first-order valence-electron chi connectivity index (χ1n) is 6.59. The lowest BCUT2D eigenvalue weighted by molar-refractivity contribution is -0.0525. The van der Waals surface area contributed by atoms with Crippen LogP contribution in [0, 0.1) is 0 Å². The van der Waals surface area contributed by atoms with E-state index in [-0.39, 0.29) is 6.29 Å². The molecular weight excluding hydrogens is 330 g/mol. The van der Waals surface area contributed by atoms with E-state index in [1.54, 1.807) is 0 Å². The second-order valence-electron chi connectivity index (χ2n) is 4.60. The first-order valence-corrected chi connectivity index (χ1v) is 7.76. The van der Waals surface area contributed by atoms with E-state index in [0.717, 1.165) is 34.4 Å². The summed E-state index contributed by atoms with van der Waals surface area (Å²) in [6, 6.07) is 6.33. The summed E-state index contributed by atoms with van der Waals surface area (Å²) in [7, 11) is 0. The van der Waals surface area contributed by atoms with Gasteiger partial charge < -0.3 is 14.8 Å². The molecule has 1 aliphatic rings. The van der Waals surface area contributed by atoms with Crippen LogP contribution in [0.5, 0.6) is 0 Å². The zero-order chi connectivity index (χ0) is 13.7. The topological polar surface area (TPSA) is 30.5 Å². The van der Waals surface area contributed by atoms with Gasteiger partial charge in [-0.2, -0.15) is 0 Å². The molecule has 0 radical (unpaired) electrons. The van der Waals surface area contributed by atoms with Crippen molar-refractivity contribution in [2.75, 3.05) is 19.8 Å². The summed E-state index contributed by atoms with van der Waals surface area (Å²) in [5.74, 6) is 0. The Morgan fingerprint density at radius 1 is 1.42 bits per heavy atom. The first kappa shape index (κ1) is 15.3. The third kappa shape index (κ3) is 4.72. The van der Waals surface area contributed by atoms with Gasteiger partial charge in [-0.1, -0.05) is 40.5 Å². The highest BCUT2D eigenvalue weighted by atomic mass is 79.9. The Morgan fingerprint density at radius 2 is 2.16 bits per heavy atom. The predicted molar refractivity (Wildman–Crippen MR) is 80.6 cm³/mol. The number of likely N-dealkylation sites (N-methyl/N-ethyl adjacent to an activating group) is 1. The van der Waals surface area contributed by atoms with Crippen LogP contribution in [-0.2, 0) is 15.9 Å². The number of hydrogen-bond donors (Lipinski definition) is 1. The normalized spacial score (nSPS) is 17.8. The van der Waals surface area contributed by atoms with Crippen molar-refractivity contribution in [2.45, 2.75) is 32.1 Å². The zero-order valence-electron chi connectivity index (χ0n) is 11.0. The monoisotopic (exact) mass is 347 g/mol. The molecule has 0 aliphatic carbocycles. The molecule has 1 unspecified atom stereocenters. The van der Waals surface area contributed by atoms with Crippen molar-refractivity contribution >= 4 is 27.5 Å². The molecule has 1 aromatic rings. The average molecular weight is 349 g/mol. The lowest BCUT2D eigenvalue weighted by Gasteiger charge is -2.21. The lowest BCUT2D eigenvalue weighted by Crippen LogP contribution is -2.34. The molecule has 106 valence electrons. The highest BCUT2D eigenvalue weighted by Crippen LogP contribution is 2.23. The highest BCUT2D eigenvalue weighted by molar-refractivity contribution is 9.10. The zero-order valence-corrected chi connectivity index (χ0v) is 13.3. The van der Waals surface area contributed by atoms with Crippen molar-refractivity contribution in [2.24, 2.45) is 0 Å². The maximum atomic E-state index is 6.27. The Morgan fingerprint density at radius 3 is 2.79 bits per heavy atom. The third-order valence-corrected chi connectivity index (χ3v) is 3.99. The van der Waals surface area contributed by atoms with Crippen molar-refractivity contribution in [3.8, 4) is 0 Å². The Balaban J connectivity index is 1.98. The summed E-state index contributed by atoms with van der Waals surface area (Å²) >= 11 is 9.69. The maximum Gasteiger partial charge on any atom is 0.159 e. The summed E-state index contributed by atoms with van der Waals surface area (Å²) < 4.78 is 12.0. The van der Waals surface area contributed by atoms with Crippen molar-refractivity contribution in [1.29, 1.82) is 0 Å². The molecule has 0 bridgehead atoms. The molecule has 0 amide bonds. The van der Waals surface area contributed by atoms with E-state index >= 15 is 0 Å². The SMILES string of the molecule is CCNC(Cc1ccc(Br)cc1Cl)CC1OCCO1. The molecule has 1 atom stereocenters. The van der Waals surface area contributed by atoms with Crippen LogP contribution >= 0.6 is 27.5 Å². The van der Waals surface area contributed by atoms with Gasteiger partial charge in [0.1, 0.15) is 0 Å². The van der Waals surface area contributed by atoms with E-state index in [9.17, 15) is 0 Å². The number of nitrogens with one attached hydrogen (secondary N) is 1. The number of halogens is 2. The van der Waals surface area contributed by atoms with Gasteiger partial charge in [-0.15, -0.1) is 0 Å². The van der Waals surface area contributed by atoms with Crippen LogP contribution < -0.4 is 5.32 Å². The molecule has 1 N–H and O–H groups in total. The van der Waals surface area contributed by atoms with E-state index in [2.05, 4.69) is 34.2 Å². The Kier molecular flexibility index (Phi) is 6.10. The molecule has 2 rings (SSSR count). The largest absolute Gasteiger partial charge is 0.350 e. The van der Waals surface area contributed by atoms with E-state index < -0.39 is 0 Å². The molecule has 5 heteroatoms. The van der Waals surface area contributed by atoms with Gasteiger partial charge in [0, 0.05) is 22.0 Å². The molecule has 1 aromatic carbocycles. The summed E-state index contributed by atoms with van der Waals surface area (Å²) in [5.41, 5.74) is 1.15. The maximum absolute atomic E-state index is 6.27. The number of ether oxygens (including phenoxy) is 2. The number of benzene rings is 1. The van der Waals surface area contributed by atoms with E-state index in [0.29, 0.717) is 19.3 Å². The number of rotatable bonds is 6. The molecule has 1 aliphatic heterocycles. The van der Waals surface area contributed by atoms with Crippen LogP contribution in [0.2, 0.25) is 5.02 Å². The molecule has 0 aromatic heterocycles. The van der Waals surface area contributed by atoms with Crippen molar-refractivity contribution in [1.82, 2.24) is 5.32 Å². The second-order valence-corrected chi connectivity index (χ2v) is 5.92. The Bertz CT molecular complexity index is 410. The number of hydrogen-bond acceptors (Lipinski definition) is 3. The molecular formula is C14H19BrClNO2. The van der Waals surface area contributed by atoms with Crippen LogP contribution in [0.1, 0.15) is 18.9 Å². The minimum absolute atomic E-state index is 0.0849. The van der Waals surface area contributed by atoms with Crippen molar-refractivity contribution in [3.63, 3.8) is 0 Å². The van der Waals surface area contributed by atoms with Crippen LogP contribution in [0.25, 0.3) is 0 Å². The highest BCUT2D eigenvalue weighted by Gasteiger charge is 2.21. The standard InChI is InChI=1S/C14H19BrClNO2/c1-2-17-12(9-14-18-5-6-19-14)7-10-3-4-11(15)8-13(10)16/h3-4,8,12,14,17H,2,5-7,9H2,1H3. The molecule has 0 spiro atoms. The molecule has 19 heavy (non-hydrogen) atoms. The van der Waals surface area contributed by atoms with Crippen molar-refractivity contribution < 1.29 is 9.47 Å². The second kappa shape index (κ2) is 7.60. The minimum atomic E-state index is -0.0849. The lowest BCUT2D eigenvalue weighted by atomic mass is 10.0. The van der Waals surface area contributed by atoms with Crippen LogP contribution in [-0.4, -0.2) is 32.1 Å². The molecule has 1 heterocycles. The van der Waals surface area contributed by atoms with Gasteiger partial charge in [-0.05, 0) is 30.7 Å². The third-order valence-electron chi connectivity index (χ3n) is 3.14. The van der Waals surface area contributed by atoms with Gasteiger partial charge in [0.15, 0.2) is 6.29 Å². The minimum Gasteiger partial charge on any atom is -0.350 e. The summed E-state index contributed by atoms with van der Waals surface area (Å²) in [6.45, 7) is 4.42. The summed E-state index contributed by atoms with van der Waals surface area (Å²) in [5, 5.41) is 4.27. The molecule has 3 nitrogen and oxygen atoms in total. The fourth-order valence-corrected chi connectivity index (χ4v) is 3.01. The smallest absolute Gasteiger partial charge is 0.159 e. The average Bonchev–Trinajstić information content (AvgIpc) is 2.86. The van der Waals surface area contributed by atoms with Crippen LogP contribution in [0.15, 0.2) is 22.7 Å². The fourth-order valence-electron chi connectivity index (χ4n) is 2.26. The van der Waals surface area contributed by atoms with Gasteiger partial charge >= 0.3 is 0 Å². The molecule has 1 fully saturated rings. The quantitative estimate of drug-likeness (QED) is 0.855. The Labute approximate surface area is 127 Å². The summed E-state index contributed by atoms with van der Waals surface area (Å²) in [6.07, 6.45) is 1.64. The Hall–Kier alpha value is -0.130. The fraction of sp³-hybridized carbons (Fsp3) is 0.571. The summed E-state index contributed by atoms with van der Waals surface area (Å²) in [4.78, 5) is 0. The van der Waals surface area contributed by atoms with Gasteiger partial charge in [0.25, 0.3) is 0 Å². The van der Waals surface area contributed by atoms with Crippen LogP contribution in [0.3, 0.4) is 0 Å².